The summed E-state index contributed by atoms with van der Waals surface area (Å²) in [6, 6.07) is 12.2. The zero-order valence-electron chi connectivity index (χ0n) is 15.8. The number of nitriles is 1. The predicted molar refractivity (Wildman–Crippen MR) is 102 cm³/mol. The molecular formula is C20H18F3N3O3S. The third kappa shape index (κ3) is 4.63. The van der Waals surface area contributed by atoms with Gasteiger partial charge in [0.2, 0.25) is 15.9 Å². The Morgan fingerprint density at radius 2 is 1.60 bits per heavy atom. The summed E-state index contributed by atoms with van der Waals surface area (Å²) in [6.45, 7) is 0.461. The molecule has 0 radical (unpaired) electrons. The highest BCUT2D eigenvalue weighted by molar-refractivity contribution is 7.89. The van der Waals surface area contributed by atoms with Gasteiger partial charge in [-0.25, -0.2) is 8.42 Å². The Hall–Kier alpha value is -2.90. The number of hydrogen-bond acceptors (Lipinski definition) is 4. The number of hydrogen-bond donors (Lipinski definition) is 0. The molecule has 1 heterocycles. The highest BCUT2D eigenvalue weighted by Gasteiger charge is 2.32. The van der Waals surface area contributed by atoms with E-state index in [4.69, 9.17) is 5.26 Å². The van der Waals surface area contributed by atoms with Gasteiger partial charge < -0.3 is 4.90 Å². The van der Waals surface area contributed by atoms with Crippen LogP contribution in [0, 0.1) is 11.3 Å². The van der Waals surface area contributed by atoms with Crippen LogP contribution in [0.25, 0.3) is 0 Å². The van der Waals surface area contributed by atoms with Crippen LogP contribution in [0.15, 0.2) is 53.4 Å². The third-order valence-corrected chi connectivity index (χ3v) is 6.81. The van der Waals surface area contributed by atoms with E-state index in [9.17, 15) is 26.4 Å². The van der Waals surface area contributed by atoms with Crippen molar-refractivity contribution in [3.05, 3.63) is 65.2 Å². The molecule has 0 aliphatic carbocycles. The van der Waals surface area contributed by atoms with E-state index >= 15 is 0 Å². The second kappa shape index (κ2) is 8.45. The minimum absolute atomic E-state index is 0.0540. The lowest BCUT2D eigenvalue weighted by molar-refractivity contribution is -0.137. The second-order valence-electron chi connectivity index (χ2n) is 6.76. The maximum absolute atomic E-state index is 12.8. The summed E-state index contributed by atoms with van der Waals surface area (Å²) in [4.78, 5) is 13.9. The van der Waals surface area contributed by atoms with Crippen LogP contribution in [0.3, 0.4) is 0 Å². The van der Waals surface area contributed by atoms with Gasteiger partial charge in [-0.1, -0.05) is 24.3 Å². The minimum Gasteiger partial charge on any atom is -0.340 e. The highest BCUT2D eigenvalue weighted by atomic mass is 32.2. The number of benzene rings is 2. The van der Waals surface area contributed by atoms with Crippen molar-refractivity contribution in [3.8, 4) is 6.07 Å². The van der Waals surface area contributed by atoms with Gasteiger partial charge in [-0.2, -0.15) is 22.7 Å². The van der Waals surface area contributed by atoms with E-state index < -0.39 is 21.8 Å². The van der Waals surface area contributed by atoms with E-state index in [1.165, 1.54) is 39.5 Å². The quantitative estimate of drug-likeness (QED) is 0.737. The summed E-state index contributed by atoms with van der Waals surface area (Å²) in [6.07, 6.45) is -4.50. The summed E-state index contributed by atoms with van der Waals surface area (Å²) >= 11 is 0. The average molecular weight is 437 g/mol. The predicted octanol–water partition coefficient (Wildman–Crippen LogP) is 2.65. The molecule has 1 aliphatic heterocycles. The van der Waals surface area contributed by atoms with Crippen LogP contribution in [0.5, 0.6) is 0 Å². The fourth-order valence-corrected chi connectivity index (χ4v) is 4.76. The van der Waals surface area contributed by atoms with E-state index in [2.05, 4.69) is 0 Å². The third-order valence-electron chi connectivity index (χ3n) is 4.85. The molecule has 2 aromatic carbocycles. The van der Waals surface area contributed by atoms with Crippen LogP contribution >= 0.6 is 0 Å². The summed E-state index contributed by atoms with van der Waals surface area (Å²) < 4.78 is 64.8. The monoisotopic (exact) mass is 437 g/mol. The largest absolute Gasteiger partial charge is 0.416 e. The van der Waals surface area contributed by atoms with Crippen LogP contribution in [-0.4, -0.2) is 49.7 Å². The van der Waals surface area contributed by atoms with Crippen LogP contribution in [-0.2, 0) is 27.4 Å². The molecule has 0 saturated carbocycles. The number of sulfonamides is 1. The van der Waals surface area contributed by atoms with Gasteiger partial charge in [0, 0.05) is 26.2 Å². The lowest BCUT2D eigenvalue weighted by atomic mass is 10.1. The molecule has 1 aliphatic rings. The van der Waals surface area contributed by atoms with Gasteiger partial charge in [0.1, 0.15) is 6.07 Å². The fourth-order valence-electron chi connectivity index (χ4n) is 3.20. The Morgan fingerprint density at radius 3 is 2.17 bits per heavy atom. The fraction of sp³-hybridized carbons (Fsp3) is 0.300. The van der Waals surface area contributed by atoms with Crippen molar-refractivity contribution in [2.24, 2.45) is 0 Å². The number of alkyl halides is 3. The standard InChI is InChI=1S/C20H18F3N3O3S/c21-20(22,23)17-7-5-15(6-8-17)13-19(27)25-9-11-26(12-10-25)30(28,29)18-4-2-1-3-16(18)14-24/h1-8H,9-13H2. The molecule has 0 aromatic heterocycles. The molecule has 6 nitrogen and oxygen atoms in total. The highest BCUT2D eigenvalue weighted by Crippen LogP contribution is 2.29. The molecule has 1 amide bonds. The maximum atomic E-state index is 12.8. The van der Waals surface area contributed by atoms with Gasteiger partial charge in [0.05, 0.1) is 22.4 Å². The van der Waals surface area contributed by atoms with Gasteiger partial charge in [-0.15, -0.1) is 0 Å². The lowest BCUT2D eigenvalue weighted by Gasteiger charge is -2.34. The van der Waals surface area contributed by atoms with Gasteiger partial charge >= 0.3 is 6.18 Å². The van der Waals surface area contributed by atoms with E-state index in [-0.39, 0.29) is 49.0 Å². The number of halogens is 3. The van der Waals surface area contributed by atoms with Crippen molar-refractivity contribution in [3.63, 3.8) is 0 Å². The topological polar surface area (TPSA) is 81.5 Å². The Bertz CT molecular complexity index is 1070. The SMILES string of the molecule is N#Cc1ccccc1S(=O)(=O)N1CCN(C(=O)Cc2ccc(C(F)(F)F)cc2)CC1. The molecule has 158 valence electrons. The first-order chi connectivity index (χ1) is 14.1. The first-order valence-corrected chi connectivity index (χ1v) is 10.5. The normalized spacial score (nSPS) is 15.6. The molecule has 1 saturated heterocycles. The van der Waals surface area contributed by atoms with E-state index in [0.29, 0.717) is 5.56 Å². The molecule has 0 bridgehead atoms. The van der Waals surface area contributed by atoms with Crippen molar-refractivity contribution in [2.45, 2.75) is 17.5 Å². The molecule has 0 atom stereocenters. The van der Waals surface area contributed by atoms with Crippen LogP contribution in [0.4, 0.5) is 13.2 Å². The summed E-state index contributed by atoms with van der Waals surface area (Å²) in [5.41, 5.74) is -0.278. The molecule has 3 rings (SSSR count). The van der Waals surface area contributed by atoms with Crippen molar-refractivity contribution in [2.75, 3.05) is 26.2 Å². The molecule has 30 heavy (non-hydrogen) atoms. The first-order valence-electron chi connectivity index (χ1n) is 9.06. The zero-order valence-corrected chi connectivity index (χ0v) is 16.6. The molecule has 1 fully saturated rings. The molecule has 10 heteroatoms. The Balaban J connectivity index is 1.62. The van der Waals surface area contributed by atoms with E-state index in [1.54, 1.807) is 6.07 Å². The van der Waals surface area contributed by atoms with Crippen molar-refractivity contribution >= 4 is 15.9 Å². The number of carbonyl (C=O) groups excluding carboxylic acids is 1. The average Bonchev–Trinajstić information content (AvgIpc) is 2.73. The molecular weight excluding hydrogens is 419 g/mol. The number of nitrogens with zero attached hydrogens (tertiary/aromatic N) is 3. The smallest absolute Gasteiger partial charge is 0.340 e. The Labute approximate surface area is 172 Å². The second-order valence-corrected chi connectivity index (χ2v) is 8.67. The molecule has 0 spiro atoms. The van der Waals surface area contributed by atoms with E-state index in [1.807, 2.05) is 6.07 Å². The summed E-state index contributed by atoms with van der Waals surface area (Å²) in [5, 5.41) is 9.15. The van der Waals surface area contributed by atoms with Gasteiger partial charge in [-0.05, 0) is 29.8 Å². The van der Waals surface area contributed by atoms with Crippen LogP contribution in [0.2, 0.25) is 0 Å². The number of piperazine rings is 1. The molecule has 2 aromatic rings. The van der Waals surface area contributed by atoms with Gasteiger partial charge in [0.25, 0.3) is 0 Å². The number of amides is 1. The lowest BCUT2D eigenvalue weighted by Crippen LogP contribution is -2.50. The van der Waals surface area contributed by atoms with Gasteiger partial charge in [-0.3, -0.25) is 4.79 Å². The van der Waals surface area contributed by atoms with Crippen molar-refractivity contribution in [1.82, 2.24) is 9.21 Å². The van der Waals surface area contributed by atoms with Crippen LogP contribution in [0.1, 0.15) is 16.7 Å². The first kappa shape index (κ1) is 21.8. The number of carbonyl (C=O) groups is 1. The van der Waals surface area contributed by atoms with Crippen molar-refractivity contribution in [1.29, 1.82) is 5.26 Å². The van der Waals surface area contributed by atoms with E-state index in [0.717, 1.165) is 12.1 Å². The number of rotatable bonds is 4. The Kier molecular flexibility index (Phi) is 6.14. The van der Waals surface area contributed by atoms with Gasteiger partial charge in [0.15, 0.2) is 0 Å². The zero-order chi connectivity index (χ0) is 21.9. The van der Waals surface area contributed by atoms with Crippen LogP contribution < -0.4 is 0 Å². The summed E-state index contributed by atoms with van der Waals surface area (Å²) in [7, 11) is -3.87. The summed E-state index contributed by atoms with van der Waals surface area (Å²) in [5.74, 6) is -0.288. The molecule has 0 unspecified atom stereocenters. The van der Waals surface area contributed by atoms with Crippen molar-refractivity contribution < 1.29 is 26.4 Å². The molecule has 0 N–H and O–H groups in total. The maximum Gasteiger partial charge on any atom is 0.416 e. The minimum atomic E-state index is -4.44. The Morgan fingerprint density at radius 1 is 1.00 bits per heavy atom.